The molecule has 4 N–H and O–H groups in total. The molecule has 16 heteroatoms. The van der Waals surface area contributed by atoms with Crippen molar-refractivity contribution in [2.45, 2.75) is 112 Å². The molecule has 4 aromatic rings. The van der Waals surface area contributed by atoms with E-state index < -0.39 is 6.04 Å². The van der Waals surface area contributed by atoms with Crippen molar-refractivity contribution in [3.8, 4) is 0 Å². The van der Waals surface area contributed by atoms with Gasteiger partial charge in [-0.05, 0) is 138 Å². The van der Waals surface area contributed by atoms with Crippen LogP contribution >= 0.6 is 0 Å². The van der Waals surface area contributed by atoms with Crippen LogP contribution in [0.15, 0.2) is 88.1 Å². The van der Waals surface area contributed by atoms with Gasteiger partial charge in [-0.25, -0.2) is 9.18 Å². The third-order valence-electron chi connectivity index (χ3n) is 15.0. The summed E-state index contributed by atoms with van der Waals surface area (Å²) in [5.74, 6) is -0.0693. The molecule has 6 rings (SSSR count). The molecular formula is C60H88FKN9O5-. The Balaban J connectivity index is 0.00000376. The number of hydrogen-bond donors (Lipinski definition) is 2. The van der Waals surface area contributed by atoms with Crippen LogP contribution in [0.25, 0.3) is 22.3 Å². The van der Waals surface area contributed by atoms with Crippen LogP contribution in [0.4, 0.5) is 10.1 Å². The molecule has 412 valence electrons. The number of nitrogens with one attached hydrogen (secondary N) is 1. The van der Waals surface area contributed by atoms with E-state index in [4.69, 9.17) is 5.73 Å². The Bertz CT molecular complexity index is 2790. The number of halogens is 1. The van der Waals surface area contributed by atoms with E-state index in [2.05, 4.69) is 79.4 Å². The molecule has 2 aliphatic rings. The van der Waals surface area contributed by atoms with Crippen LogP contribution in [0.5, 0.6) is 0 Å². The van der Waals surface area contributed by atoms with Crippen molar-refractivity contribution in [2.24, 2.45) is 18.7 Å². The molecule has 14 nitrogen and oxygen atoms in total. The number of carbonyl (C=O) groups excluding carboxylic acids is 2. The molecule has 2 aromatic carbocycles. The maximum atomic E-state index is 16.0. The van der Waals surface area contributed by atoms with E-state index in [-0.39, 0.29) is 105 Å². The first-order valence-electron chi connectivity index (χ1n) is 27.0. The second kappa shape index (κ2) is 31.6. The van der Waals surface area contributed by atoms with Crippen molar-refractivity contribution in [2.75, 3.05) is 85.4 Å². The maximum absolute atomic E-state index is 16.0. The number of nitrogens with two attached hydrogens (primary N) is 1. The summed E-state index contributed by atoms with van der Waals surface area (Å²) in [4.78, 5) is 62.0. The average Bonchev–Trinajstić information content (AvgIpc) is 3.61. The van der Waals surface area contributed by atoms with Crippen LogP contribution in [-0.2, 0) is 18.4 Å². The first-order chi connectivity index (χ1) is 35.4. The van der Waals surface area contributed by atoms with Gasteiger partial charge in [-0.15, -0.1) is 0 Å². The van der Waals surface area contributed by atoms with Gasteiger partial charge in [-0.2, -0.15) is 6.42 Å². The number of hydrogen-bond acceptors (Lipinski definition) is 11. The minimum atomic E-state index is -0.684. The fourth-order valence-electron chi connectivity index (χ4n) is 10.6. The SMILES string of the molecule is C=C(/C=C(\C)C(C)N1CC=C(c2c(C)cc(C(=O)CCCC(CCC)CN3CCN(Cc4cc5c(cc4C)n(C(C[CH2-])C(=O)CN)c(=O)n5C)CC3)cc2F)CC1)/C(=C\CN(C)C)n1ccc(NC)cc1=O.CC.[K+].[OH-]. The summed E-state index contributed by atoms with van der Waals surface area (Å²) in [6.07, 6.45) is 13.2. The summed E-state index contributed by atoms with van der Waals surface area (Å²) in [5, 5.41) is 3.03. The largest absolute Gasteiger partial charge is 1.00 e. The molecule has 2 aromatic heterocycles. The molecule has 1 saturated heterocycles. The minimum absolute atomic E-state index is 0. The van der Waals surface area contributed by atoms with Crippen molar-refractivity contribution in [3.63, 3.8) is 0 Å². The number of aryl methyl sites for hydroxylation is 3. The number of piperazine rings is 1. The Kier molecular flexibility index (Phi) is 27.6. The second-order valence-electron chi connectivity index (χ2n) is 20.4. The van der Waals surface area contributed by atoms with E-state index in [1.807, 2.05) is 64.0 Å². The third-order valence-corrected chi connectivity index (χ3v) is 15.0. The zero-order valence-corrected chi connectivity index (χ0v) is 51.2. The van der Waals surface area contributed by atoms with E-state index in [1.54, 1.807) is 40.1 Å². The Labute approximate surface area is 495 Å². The standard InChI is InChI=1S/C58H81FN9O4.C2H6.K.H2O/c1-12-15-44(37-64-26-28-65(29-27-64)38-47-34-52-53(32-40(47)4)68(58(72)63(52)11)50(13-2)55(70)36-60)16-14-17-54(69)46-31-42(6)57(49(59)33-46)45-18-23-66(24-19-45)43(7)39(3)30-41(5)51(21-22-62(9)10)67-25-20-48(61-8)35-56(67)71;1-2;;/h18,20-21,25,30-35,43-44,50,61H,2,5,12-17,19,22-24,26-29,36-38,60H2,1,3-4,6-11H3;1-2H3;;1H2/q-1;;+1;/p-1/b39-30+,51-21+;;;. The van der Waals surface area contributed by atoms with Gasteiger partial charge >= 0.3 is 57.1 Å². The monoisotopic (exact) mass is 1070 g/mol. The third kappa shape index (κ3) is 16.8. The van der Waals surface area contributed by atoms with Gasteiger partial charge in [0.05, 0.1) is 29.3 Å². The zero-order chi connectivity index (χ0) is 54.4. The number of benzene rings is 2. The van der Waals surface area contributed by atoms with E-state index in [0.717, 1.165) is 127 Å². The fourth-order valence-corrected chi connectivity index (χ4v) is 10.6. The second-order valence-corrected chi connectivity index (χ2v) is 20.4. The maximum Gasteiger partial charge on any atom is 1.00 e. The number of allylic oxidation sites excluding steroid dienone is 3. The molecule has 1 fully saturated rings. The number of rotatable bonds is 24. The number of anilines is 1. The van der Waals surface area contributed by atoms with Gasteiger partial charge < -0.3 is 33.3 Å². The Morgan fingerprint density at radius 1 is 0.987 bits per heavy atom. The number of fused-ring (bicyclic) bond motifs is 1. The van der Waals surface area contributed by atoms with Crippen LogP contribution in [0.2, 0.25) is 0 Å². The predicted octanol–water partition coefficient (Wildman–Crippen LogP) is 6.12. The number of aromatic nitrogens is 3. The van der Waals surface area contributed by atoms with Crippen molar-refractivity contribution >= 4 is 39.6 Å². The Morgan fingerprint density at radius 3 is 2.25 bits per heavy atom. The predicted molar refractivity (Wildman–Crippen MR) is 307 cm³/mol. The normalized spacial score (nSPS) is 16.0. The van der Waals surface area contributed by atoms with Crippen molar-refractivity contribution < 1.29 is 70.8 Å². The number of imidazole rings is 1. The minimum Gasteiger partial charge on any atom is -0.870 e. The molecular weight excluding hydrogens is 985 g/mol. The van der Waals surface area contributed by atoms with Gasteiger partial charge in [0, 0.05) is 115 Å². The summed E-state index contributed by atoms with van der Waals surface area (Å²) in [6, 6.07) is 10.3. The van der Waals surface area contributed by atoms with Crippen LogP contribution < -0.4 is 73.7 Å². The number of ketones is 2. The van der Waals surface area contributed by atoms with Crippen LogP contribution in [-0.4, -0.2) is 136 Å². The van der Waals surface area contributed by atoms with Gasteiger partial charge in [0.15, 0.2) is 11.6 Å². The van der Waals surface area contributed by atoms with Crippen molar-refractivity contribution in [1.82, 2.24) is 33.3 Å². The molecule has 3 atom stereocenters. The molecule has 0 spiro atoms. The van der Waals surface area contributed by atoms with Crippen LogP contribution in [0.1, 0.15) is 118 Å². The van der Waals surface area contributed by atoms with Crippen LogP contribution in [0.3, 0.4) is 0 Å². The zero-order valence-electron chi connectivity index (χ0n) is 48.1. The summed E-state index contributed by atoms with van der Waals surface area (Å²) in [7, 11) is 7.51. The molecule has 0 bridgehead atoms. The number of Topliss-reactive ketones (excluding diaryl/α,β-unsaturated/α-hetero) is 2. The fraction of sp³-hybridized carbons (Fsp3) is 0.517. The first kappa shape index (κ1) is 66.4. The van der Waals surface area contributed by atoms with Gasteiger partial charge in [0.2, 0.25) is 0 Å². The van der Waals surface area contributed by atoms with E-state index in [9.17, 15) is 19.2 Å². The molecule has 76 heavy (non-hydrogen) atoms. The average molecular weight is 1070 g/mol. The smallest absolute Gasteiger partial charge is 0.870 e. The Hall–Kier alpha value is -3.91. The van der Waals surface area contributed by atoms with E-state index in [0.29, 0.717) is 43.0 Å². The van der Waals surface area contributed by atoms with Gasteiger partial charge in [0.25, 0.3) is 5.56 Å². The summed E-state index contributed by atoms with van der Waals surface area (Å²) < 4.78 is 20.8. The number of nitrogens with zero attached hydrogens (tertiary/aromatic N) is 7. The Morgan fingerprint density at radius 2 is 1.67 bits per heavy atom. The van der Waals surface area contributed by atoms with Crippen molar-refractivity contribution in [3.05, 3.63) is 140 Å². The number of likely N-dealkylation sites (N-methyl/N-ethyl adjacent to an activating group) is 1. The van der Waals surface area contributed by atoms with E-state index in [1.165, 1.54) is 6.07 Å². The topological polar surface area (TPSA) is 164 Å². The molecule has 0 radical (unpaired) electrons. The molecule has 0 amide bonds. The quantitative estimate of drug-likeness (QED) is 0.0360. The molecule has 3 unspecified atom stereocenters. The number of pyridine rings is 1. The molecule has 2 aliphatic heterocycles. The van der Waals surface area contributed by atoms with Gasteiger partial charge in [-0.3, -0.25) is 37.9 Å². The molecule has 4 heterocycles. The van der Waals surface area contributed by atoms with Crippen molar-refractivity contribution in [1.29, 1.82) is 0 Å². The van der Waals surface area contributed by atoms with Crippen LogP contribution in [0, 0.1) is 32.5 Å². The van der Waals surface area contributed by atoms with Gasteiger partial charge in [0.1, 0.15) is 5.82 Å². The summed E-state index contributed by atoms with van der Waals surface area (Å²) in [6.45, 7) is 30.2. The molecule has 0 saturated carbocycles. The molecule has 0 aliphatic carbocycles. The summed E-state index contributed by atoms with van der Waals surface area (Å²) in [5.41, 5.74) is 15.2. The first-order valence-corrected chi connectivity index (χ1v) is 27.0. The van der Waals surface area contributed by atoms with E-state index >= 15 is 4.39 Å². The van der Waals surface area contributed by atoms with Gasteiger partial charge in [-0.1, -0.05) is 51.5 Å². The summed E-state index contributed by atoms with van der Waals surface area (Å²) >= 11 is 0. The number of carbonyl (C=O) groups is 2.